The lowest BCUT2D eigenvalue weighted by Gasteiger charge is -2.34. The third-order valence-electron chi connectivity index (χ3n) is 6.71. The number of nitrogens with one attached hydrogen (secondary N) is 1. The van der Waals surface area contributed by atoms with Crippen LogP contribution in [0.3, 0.4) is 0 Å². The SMILES string of the molecule is Cc1ccc(CN2CCN(C(=O)c3ccc(NS(=O)(=O)c4cccc5c4N=CCC5)cc3)CC2)cc1. The van der Waals surface area contributed by atoms with E-state index in [2.05, 4.69) is 45.8 Å². The highest BCUT2D eigenvalue weighted by molar-refractivity contribution is 7.92. The molecule has 36 heavy (non-hydrogen) atoms. The molecule has 2 heterocycles. The van der Waals surface area contributed by atoms with Gasteiger partial charge in [-0.2, -0.15) is 0 Å². The number of hydrogen-bond acceptors (Lipinski definition) is 5. The van der Waals surface area contributed by atoms with Crippen LogP contribution in [-0.4, -0.2) is 56.5 Å². The fraction of sp³-hybridized carbons (Fsp3) is 0.286. The molecule has 0 aliphatic carbocycles. The Hall–Kier alpha value is -3.49. The van der Waals surface area contributed by atoms with Gasteiger partial charge in [0.15, 0.2) is 0 Å². The van der Waals surface area contributed by atoms with E-state index in [0.717, 1.165) is 38.0 Å². The molecule has 0 bridgehead atoms. The zero-order valence-corrected chi connectivity index (χ0v) is 21.2. The van der Waals surface area contributed by atoms with E-state index >= 15 is 0 Å². The number of benzene rings is 3. The molecule has 0 spiro atoms. The van der Waals surface area contributed by atoms with Gasteiger partial charge < -0.3 is 4.90 Å². The molecule has 0 saturated carbocycles. The number of para-hydroxylation sites is 1. The van der Waals surface area contributed by atoms with Crippen LogP contribution in [0, 0.1) is 6.92 Å². The summed E-state index contributed by atoms with van der Waals surface area (Å²) >= 11 is 0. The van der Waals surface area contributed by atoms with Crippen LogP contribution in [0.25, 0.3) is 0 Å². The molecular formula is C28H30N4O3S. The average molecular weight is 503 g/mol. The Labute approximate surface area is 212 Å². The minimum Gasteiger partial charge on any atom is -0.336 e. The van der Waals surface area contributed by atoms with Crippen molar-refractivity contribution < 1.29 is 13.2 Å². The maximum absolute atomic E-state index is 13.1. The Balaban J connectivity index is 1.20. The second-order valence-corrected chi connectivity index (χ2v) is 11.0. The molecule has 0 unspecified atom stereocenters. The Morgan fingerprint density at radius 1 is 0.944 bits per heavy atom. The summed E-state index contributed by atoms with van der Waals surface area (Å²) in [5.41, 5.74) is 4.92. The van der Waals surface area contributed by atoms with Gasteiger partial charge in [-0.05, 0) is 61.2 Å². The van der Waals surface area contributed by atoms with Crippen LogP contribution in [0.5, 0.6) is 0 Å². The van der Waals surface area contributed by atoms with E-state index in [-0.39, 0.29) is 10.8 Å². The predicted molar refractivity (Wildman–Crippen MR) is 143 cm³/mol. The Kier molecular flexibility index (Phi) is 6.89. The lowest BCUT2D eigenvalue weighted by molar-refractivity contribution is 0.0628. The number of amides is 1. The van der Waals surface area contributed by atoms with Gasteiger partial charge in [-0.1, -0.05) is 42.0 Å². The zero-order chi connectivity index (χ0) is 25.1. The van der Waals surface area contributed by atoms with E-state index in [1.54, 1.807) is 42.6 Å². The summed E-state index contributed by atoms with van der Waals surface area (Å²) in [5.74, 6) is -0.0362. The van der Waals surface area contributed by atoms with Gasteiger partial charge in [0.1, 0.15) is 4.90 Å². The highest BCUT2D eigenvalue weighted by atomic mass is 32.2. The molecule has 1 amide bonds. The largest absolute Gasteiger partial charge is 0.336 e. The van der Waals surface area contributed by atoms with Crippen molar-refractivity contribution in [2.75, 3.05) is 30.9 Å². The van der Waals surface area contributed by atoms with Crippen LogP contribution in [0.2, 0.25) is 0 Å². The van der Waals surface area contributed by atoms with E-state index in [4.69, 9.17) is 0 Å². The fourth-order valence-electron chi connectivity index (χ4n) is 4.64. The van der Waals surface area contributed by atoms with Gasteiger partial charge >= 0.3 is 0 Å². The summed E-state index contributed by atoms with van der Waals surface area (Å²) in [6.07, 6.45) is 3.34. The standard InChI is InChI=1S/C28H30N4O3S/c1-21-7-9-22(10-8-21)20-31-16-18-32(19-17-31)28(33)24-11-13-25(14-12-24)30-36(34,35)26-6-2-4-23-5-3-15-29-27(23)26/h2,4,6-15,30H,3,5,16-20H2,1H3. The zero-order valence-electron chi connectivity index (χ0n) is 20.4. The van der Waals surface area contributed by atoms with Crippen LogP contribution < -0.4 is 4.72 Å². The fourth-order valence-corrected chi connectivity index (χ4v) is 5.90. The number of fused-ring (bicyclic) bond motifs is 1. The topological polar surface area (TPSA) is 82.1 Å². The van der Waals surface area contributed by atoms with Crippen LogP contribution in [0.15, 0.2) is 76.6 Å². The molecule has 2 aliphatic rings. The van der Waals surface area contributed by atoms with Crippen molar-refractivity contribution in [2.45, 2.75) is 31.2 Å². The number of nitrogens with zero attached hydrogens (tertiary/aromatic N) is 3. The minimum atomic E-state index is -3.81. The minimum absolute atomic E-state index is 0.0362. The monoisotopic (exact) mass is 502 g/mol. The number of aryl methyl sites for hydroxylation is 2. The molecule has 186 valence electrons. The van der Waals surface area contributed by atoms with Gasteiger partial charge in [0.25, 0.3) is 15.9 Å². The van der Waals surface area contributed by atoms with E-state index in [9.17, 15) is 13.2 Å². The number of piperazine rings is 1. The first kappa shape index (κ1) is 24.2. The second-order valence-electron chi connectivity index (χ2n) is 9.35. The van der Waals surface area contributed by atoms with Crippen molar-refractivity contribution in [1.82, 2.24) is 9.80 Å². The van der Waals surface area contributed by atoms with Crippen LogP contribution in [-0.2, 0) is 23.0 Å². The molecule has 1 fully saturated rings. The number of carbonyl (C=O) groups is 1. The van der Waals surface area contributed by atoms with Crippen LogP contribution >= 0.6 is 0 Å². The number of sulfonamides is 1. The third-order valence-corrected chi connectivity index (χ3v) is 8.12. The number of rotatable bonds is 6. The molecule has 3 aromatic carbocycles. The van der Waals surface area contributed by atoms with Gasteiger partial charge in [-0.15, -0.1) is 0 Å². The molecule has 2 aliphatic heterocycles. The first-order valence-corrected chi connectivity index (χ1v) is 13.7. The molecule has 0 atom stereocenters. The highest BCUT2D eigenvalue weighted by Gasteiger charge is 2.24. The molecule has 0 aromatic heterocycles. The third kappa shape index (κ3) is 5.34. The van der Waals surface area contributed by atoms with Gasteiger partial charge in [0, 0.05) is 50.2 Å². The maximum atomic E-state index is 13.1. The number of anilines is 1. The Bertz CT molecular complexity index is 1380. The van der Waals surface area contributed by atoms with Crippen molar-refractivity contribution in [3.05, 3.63) is 89.0 Å². The van der Waals surface area contributed by atoms with E-state index in [1.165, 1.54) is 11.1 Å². The first-order valence-electron chi connectivity index (χ1n) is 12.2. The summed E-state index contributed by atoms with van der Waals surface area (Å²) < 4.78 is 28.7. The molecule has 1 saturated heterocycles. The van der Waals surface area contributed by atoms with Crippen molar-refractivity contribution in [2.24, 2.45) is 4.99 Å². The number of hydrogen-bond donors (Lipinski definition) is 1. The maximum Gasteiger partial charge on any atom is 0.264 e. The average Bonchev–Trinajstić information content (AvgIpc) is 2.90. The molecule has 0 radical (unpaired) electrons. The van der Waals surface area contributed by atoms with Gasteiger partial charge in [-0.3, -0.25) is 19.4 Å². The molecule has 3 aromatic rings. The van der Waals surface area contributed by atoms with Gasteiger partial charge in [0.2, 0.25) is 0 Å². The quantitative estimate of drug-likeness (QED) is 0.542. The Morgan fingerprint density at radius 3 is 2.39 bits per heavy atom. The van der Waals surface area contributed by atoms with Crippen molar-refractivity contribution >= 4 is 33.5 Å². The van der Waals surface area contributed by atoms with Crippen LogP contribution in [0.1, 0.15) is 33.5 Å². The molecule has 1 N–H and O–H groups in total. The summed E-state index contributed by atoms with van der Waals surface area (Å²) in [5, 5.41) is 0. The lowest BCUT2D eigenvalue weighted by Crippen LogP contribution is -2.48. The van der Waals surface area contributed by atoms with Crippen molar-refractivity contribution in [1.29, 1.82) is 0 Å². The first-order chi connectivity index (χ1) is 17.4. The van der Waals surface area contributed by atoms with Crippen molar-refractivity contribution in [3.8, 4) is 0 Å². The van der Waals surface area contributed by atoms with E-state index in [1.807, 2.05) is 11.0 Å². The van der Waals surface area contributed by atoms with Gasteiger partial charge in [0.05, 0.1) is 5.69 Å². The van der Waals surface area contributed by atoms with Crippen LogP contribution in [0.4, 0.5) is 11.4 Å². The highest BCUT2D eigenvalue weighted by Crippen LogP contribution is 2.32. The molecular weight excluding hydrogens is 472 g/mol. The summed E-state index contributed by atoms with van der Waals surface area (Å²) in [6, 6.07) is 20.4. The lowest BCUT2D eigenvalue weighted by atomic mass is 10.1. The number of carbonyl (C=O) groups excluding carboxylic acids is 1. The van der Waals surface area contributed by atoms with Gasteiger partial charge in [-0.25, -0.2) is 8.42 Å². The molecule has 5 rings (SSSR count). The smallest absolute Gasteiger partial charge is 0.264 e. The molecule has 7 nitrogen and oxygen atoms in total. The number of aliphatic imine (C=N–C) groups is 1. The predicted octanol–water partition coefficient (Wildman–Crippen LogP) is 4.40. The second kappa shape index (κ2) is 10.2. The summed E-state index contributed by atoms with van der Waals surface area (Å²) in [7, 11) is -3.81. The normalized spacial score (nSPS) is 16.0. The van der Waals surface area contributed by atoms with Crippen molar-refractivity contribution in [3.63, 3.8) is 0 Å². The summed E-state index contributed by atoms with van der Waals surface area (Å²) in [4.78, 5) is 21.7. The molecule has 8 heteroatoms. The summed E-state index contributed by atoms with van der Waals surface area (Å²) in [6.45, 7) is 5.94. The van der Waals surface area contributed by atoms with E-state index in [0.29, 0.717) is 30.0 Å². The Morgan fingerprint density at radius 2 is 1.67 bits per heavy atom. The van der Waals surface area contributed by atoms with E-state index < -0.39 is 10.0 Å².